The first-order chi connectivity index (χ1) is 8.87. The van der Waals surface area contributed by atoms with Gasteiger partial charge in [-0.25, -0.2) is 0 Å². The van der Waals surface area contributed by atoms with Crippen molar-refractivity contribution in [3.05, 3.63) is 24.0 Å². The fourth-order valence-electron chi connectivity index (χ4n) is 2.54. The Labute approximate surface area is 117 Å². The lowest BCUT2D eigenvalue weighted by atomic mass is 10.0. The van der Waals surface area contributed by atoms with Crippen LogP contribution in [0.5, 0.6) is 0 Å². The lowest BCUT2D eigenvalue weighted by Crippen LogP contribution is -2.35. The van der Waals surface area contributed by atoms with E-state index in [-0.39, 0.29) is 5.54 Å². The topological polar surface area (TPSA) is 28.2 Å². The zero-order chi connectivity index (χ0) is 14.0. The molecular weight excluding hydrogens is 234 g/mol. The molecule has 3 heteroatoms. The minimum absolute atomic E-state index is 0.145. The second kappa shape index (κ2) is 5.49. The zero-order valence-electron chi connectivity index (χ0n) is 12.9. The molecule has 1 aliphatic rings. The number of hydrogen-bond donors (Lipinski definition) is 1. The number of nitrogens with zero attached hydrogens (tertiary/aromatic N) is 2. The Bertz CT molecular complexity index is 412. The summed E-state index contributed by atoms with van der Waals surface area (Å²) in [5.41, 5.74) is 2.80. The fourth-order valence-corrected chi connectivity index (χ4v) is 2.54. The van der Waals surface area contributed by atoms with E-state index >= 15 is 0 Å². The van der Waals surface area contributed by atoms with E-state index in [1.165, 1.54) is 11.3 Å². The molecule has 0 aliphatic carbocycles. The first-order valence-electron chi connectivity index (χ1n) is 7.29. The lowest BCUT2D eigenvalue weighted by molar-refractivity contribution is 0.424. The van der Waals surface area contributed by atoms with Crippen LogP contribution >= 0.6 is 0 Å². The van der Waals surface area contributed by atoms with Gasteiger partial charge in [-0.2, -0.15) is 0 Å². The molecule has 19 heavy (non-hydrogen) atoms. The number of nitrogens with one attached hydrogen (secondary N) is 1. The SMILES string of the molecule is CC1CN(c2cnccc2CNC(C)(C)C)CC1C. The third-order valence-electron chi connectivity index (χ3n) is 4.03. The third-order valence-corrected chi connectivity index (χ3v) is 4.03. The molecule has 2 rings (SSSR count). The van der Waals surface area contributed by atoms with E-state index in [0.717, 1.165) is 31.5 Å². The van der Waals surface area contributed by atoms with Crippen molar-refractivity contribution in [1.82, 2.24) is 10.3 Å². The van der Waals surface area contributed by atoms with Gasteiger partial charge in [-0.1, -0.05) is 13.8 Å². The molecule has 1 aliphatic heterocycles. The second-order valence-electron chi connectivity index (χ2n) is 6.97. The van der Waals surface area contributed by atoms with Gasteiger partial charge in [-0.05, 0) is 44.2 Å². The second-order valence-corrected chi connectivity index (χ2v) is 6.97. The van der Waals surface area contributed by atoms with Gasteiger partial charge in [0, 0.05) is 31.4 Å². The normalized spacial score (nSPS) is 23.9. The minimum atomic E-state index is 0.145. The van der Waals surface area contributed by atoms with Crippen LogP contribution < -0.4 is 10.2 Å². The van der Waals surface area contributed by atoms with Crippen molar-refractivity contribution in [2.75, 3.05) is 18.0 Å². The quantitative estimate of drug-likeness (QED) is 0.906. The first-order valence-corrected chi connectivity index (χ1v) is 7.29. The van der Waals surface area contributed by atoms with E-state index in [1.807, 2.05) is 12.4 Å². The molecule has 1 fully saturated rings. The molecule has 3 nitrogen and oxygen atoms in total. The van der Waals surface area contributed by atoms with Crippen LogP contribution in [0.4, 0.5) is 5.69 Å². The maximum absolute atomic E-state index is 4.31. The molecule has 0 amide bonds. The van der Waals surface area contributed by atoms with Crippen molar-refractivity contribution in [2.24, 2.45) is 11.8 Å². The minimum Gasteiger partial charge on any atom is -0.369 e. The molecular formula is C16H27N3. The van der Waals surface area contributed by atoms with Crippen LogP contribution in [0.25, 0.3) is 0 Å². The maximum Gasteiger partial charge on any atom is 0.0598 e. The Kier molecular flexibility index (Phi) is 4.14. The summed E-state index contributed by atoms with van der Waals surface area (Å²) in [6.45, 7) is 14.5. The number of anilines is 1. The summed E-state index contributed by atoms with van der Waals surface area (Å²) in [6.07, 6.45) is 3.91. The molecule has 0 saturated carbocycles. The molecule has 2 unspecified atom stereocenters. The molecule has 1 saturated heterocycles. The highest BCUT2D eigenvalue weighted by Crippen LogP contribution is 2.29. The van der Waals surface area contributed by atoms with Crippen molar-refractivity contribution < 1.29 is 0 Å². The fraction of sp³-hybridized carbons (Fsp3) is 0.688. The summed E-state index contributed by atoms with van der Waals surface area (Å²) in [4.78, 5) is 6.80. The molecule has 1 N–H and O–H groups in total. The summed E-state index contributed by atoms with van der Waals surface area (Å²) in [7, 11) is 0. The third kappa shape index (κ3) is 3.69. The number of aromatic nitrogens is 1. The van der Waals surface area contributed by atoms with Crippen molar-refractivity contribution in [3.8, 4) is 0 Å². The van der Waals surface area contributed by atoms with E-state index in [1.54, 1.807) is 0 Å². The van der Waals surface area contributed by atoms with Crippen molar-refractivity contribution in [2.45, 2.75) is 46.7 Å². The summed E-state index contributed by atoms with van der Waals surface area (Å²) in [5, 5.41) is 3.57. The van der Waals surface area contributed by atoms with Gasteiger partial charge in [0.15, 0.2) is 0 Å². The van der Waals surface area contributed by atoms with Gasteiger partial charge in [0.1, 0.15) is 0 Å². The summed E-state index contributed by atoms with van der Waals surface area (Å²) < 4.78 is 0. The average molecular weight is 261 g/mol. The van der Waals surface area contributed by atoms with Gasteiger partial charge in [0.05, 0.1) is 11.9 Å². The van der Waals surface area contributed by atoms with Gasteiger partial charge in [-0.15, -0.1) is 0 Å². The highest BCUT2D eigenvalue weighted by molar-refractivity contribution is 5.52. The molecule has 0 spiro atoms. The largest absolute Gasteiger partial charge is 0.369 e. The average Bonchev–Trinajstić information content (AvgIpc) is 2.66. The Balaban J connectivity index is 2.13. The van der Waals surface area contributed by atoms with Gasteiger partial charge >= 0.3 is 0 Å². The Hall–Kier alpha value is -1.09. The molecule has 2 heterocycles. The monoisotopic (exact) mass is 261 g/mol. The molecule has 1 aromatic rings. The Morgan fingerprint density at radius 3 is 2.47 bits per heavy atom. The van der Waals surface area contributed by atoms with Crippen molar-refractivity contribution in [1.29, 1.82) is 0 Å². The molecule has 0 bridgehead atoms. The van der Waals surface area contributed by atoms with E-state index in [2.05, 4.69) is 55.9 Å². The van der Waals surface area contributed by atoms with E-state index in [0.29, 0.717) is 0 Å². The van der Waals surface area contributed by atoms with Crippen LogP contribution in [0, 0.1) is 11.8 Å². The molecule has 0 aromatic carbocycles. The van der Waals surface area contributed by atoms with Crippen LogP contribution in [-0.2, 0) is 6.54 Å². The number of pyridine rings is 1. The van der Waals surface area contributed by atoms with Crippen molar-refractivity contribution in [3.63, 3.8) is 0 Å². The first kappa shape index (κ1) is 14.3. The van der Waals surface area contributed by atoms with E-state index < -0.39 is 0 Å². The predicted octanol–water partition coefficient (Wildman–Crippen LogP) is 3.06. The van der Waals surface area contributed by atoms with E-state index in [4.69, 9.17) is 0 Å². The summed E-state index contributed by atoms with van der Waals surface area (Å²) in [5.74, 6) is 1.53. The molecule has 106 valence electrons. The Morgan fingerprint density at radius 1 is 1.26 bits per heavy atom. The van der Waals surface area contributed by atoms with Gasteiger partial charge in [-0.3, -0.25) is 4.98 Å². The number of hydrogen-bond acceptors (Lipinski definition) is 3. The van der Waals surface area contributed by atoms with Gasteiger partial charge < -0.3 is 10.2 Å². The smallest absolute Gasteiger partial charge is 0.0598 e. The van der Waals surface area contributed by atoms with Gasteiger partial charge in [0.2, 0.25) is 0 Å². The van der Waals surface area contributed by atoms with Crippen molar-refractivity contribution >= 4 is 5.69 Å². The van der Waals surface area contributed by atoms with E-state index in [9.17, 15) is 0 Å². The highest BCUT2D eigenvalue weighted by Gasteiger charge is 2.27. The zero-order valence-corrected chi connectivity index (χ0v) is 12.9. The standard InChI is InChI=1S/C16H27N3/c1-12-10-19(11-13(12)2)15-9-17-7-6-14(15)8-18-16(3,4)5/h6-7,9,12-13,18H,8,10-11H2,1-5H3. The van der Waals surface area contributed by atoms with Crippen LogP contribution in [0.3, 0.4) is 0 Å². The van der Waals surface area contributed by atoms with Crippen LogP contribution in [-0.4, -0.2) is 23.6 Å². The van der Waals surface area contributed by atoms with Crippen LogP contribution in [0.1, 0.15) is 40.2 Å². The Morgan fingerprint density at radius 2 is 1.89 bits per heavy atom. The van der Waals surface area contributed by atoms with Crippen LogP contribution in [0.2, 0.25) is 0 Å². The number of rotatable bonds is 3. The molecule has 0 radical (unpaired) electrons. The van der Waals surface area contributed by atoms with Gasteiger partial charge in [0.25, 0.3) is 0 Å². The molecule has 2 atom stereocenters. The maximum atomic E-state index is 4.31. The lowest BCUT2D eigenvalue weighted by Gasteiger charge is -2.25. The van der Waals surface area contributed by atoms with Crippen LogP contribution in [0.15, 0.2) is 18.5 Å². The predicted molar refractivity (Wildman–Crippen MR) is 81.4 cm³/mol. The summed E-state index contributed by atoms with van der Waals surface area (Å²) >= 11 is 0. The molecule has 1 aromatic heterocycles. The highest BCUT2D eigenvalue weighted by atomic mass is 15.2. The summed E-state index contributed by atoms with van der Waals surface area (Å²) in [6, 6.07) is 2.14.